The fraction of sp³-hybridized carbons (Fsp3) is 0.304. The second-order valence-corrected chi connectivity index (χ2v) is 7.40. The maximum absolute atomic E-state index is 9.66. The standard InChI is InChI=1S/C23H26N2O2/c1-3-23(14-26,15-27)24-13-16-8-10-20-19(12-16)22-18-7-5-4-6-17(18)9-11-21(22)25(20)2/h4-12,24,26-27H,3,13-15H2,1-2H3. The maximum Gasteiger partial charge on any atom is 0.0648 e. The number of aliphatic hydroxyl groups excluding tert-OH is 2. The number of nitrogens with zero attached hydrogens (tertiary/aromatic N) is 1. The molecule has 140 valence electrons. The molecule has 4 rings (SSSR count). The van der Waals surface area contributed by atoms with Gasteiger partial charge in [0, 0.05) is 35.4 Å². The predicted molar refractivity (Wildman–Crippen MR) is 112 cm³/mol. The summed E-state index contributed by atoms with van der Waals surface area (Å²) in [7, 11) is 2.11. The number of rotatable bonds is 6. The lowest BCUT2D eigenvalue weighted by Crippen LogP contribution is -2.50. The van der Waals surface area contributed by atoms with Gasteiger partial charge in [0.05, 0.1) is 18.8 Å². The van der Waals surface area contributed by atoms with Crippen LogP contribution >= 0.6 is 0 Å². The Balaban J connectivity index is 1.84. The monoisotopic (exact) mass is 362 g/mol. The zero-order valence-corrected chi connectivity index (χ0v) is 15.9. The topological polar surface area (TPSA) is 57.4 Å². The summed E-state index contributed by atoms with van der Waals surface area (Å²) in [6.45, 7) is 2.41. The molecule has 27 heavy (non-hydrogen) atoms. The van der Waals surface area contributed by atoms with Crippen LogP contribution < -0.4 is 5.32 Å². The second kappa shape index (κ2) is 6.97. The van der Waals surface area contributed by atoms with Gasteiger partial charge in [-0.15, -0.1) is 0 Å². The van der Waals surface area contributed by atoms with Crippen LogP contribution in [0.4, 0.5) is 0 Å². The third kappa shape index (κ3) is 2.90. The molecule has 0 spiro atoms. The van der Waals surface area contributed by atoms with Gasteiger partial charge >= 0.3 is 0 Å². The zero-order chi connectivity index (χ0) is 19.0. The molecule has 0 amide bonds. The van der Waals surface area contributed by atoms with Gasteiger partial charge in [-0.2, -0.15) is 0 Å². The van der Waals surface area contributed by atoms with E-state index in [4.69, 9.17) is 0 Å². The van der Waals surface area contributed by atoms with Crippen molar-refractivity contribution in [2.24, 2.45) is 7.05 Å². The highest BCUT2D eigenvalue weighted by molar-refractivity contribution is 6.20. The number of aliphatic hydroxyl groups is 2. The maximum atomic E-state index is 9.66. The summed E-state index contributed by atoms with van der Waals surface area (Å²) >= 11 is 0. The van der Waals surface area contributed by atoms with Crippen LogP contribution in [0.5, 0.6) is 0 Å². The quantitative estimate of drug-likeness (QED) is 0.490. The molecule has 4 aromatic rings. The Bertz CT molecular complexity index is 1100. The van der Waals surface area contributed by atoms with Crippen molar-refractivity contribution in [2.75, 3.05) is 13.2 Å². The van der Waals surface area contributed by atoms with Crippen molar-refractivity contribution in [3.63, 3.8) is 0 Å². The van der Waals surface area contributed by atoms with E-state index in [1.807, 2.05) is 6.92 Å². The van der Waals surface area contributed by atoms with E-state index in [1.54, 1.807) is 0 Å². The van der Waals surface area contributed by atoms with Crippen LogP contribution in [0.3, 0.4) is 0 Å². The molecule has 3 N–H and O–H groups in total. The number of nitrogens with one attached hydrogen (secondary N) is 1. The highest BCUT2D eigenvalue weighted by Crippen LogP contribution is 2.34. The first kappa shape index (κ1) is 18.0. The van der Waals surface area contributed by atoms with E-state index in [-0.39, 0.29) is 13.2 Å². The molecule has 0 aliphatic heterocycles. The van der Waals surface area contributed by atoms with Gasteiger partial charge < -0.3 is 20.1 Å². The van der Waals surface area contributed by atoms with E-state index in [0.29, 0.717) is 13.0 Å². The summed E-state index contributed by atoms with van der Waals surface area (Å²) in [5.74, 6) is 0. The van der Waals surface area contributed by atoms with Gasteiger partial charge in [-0.25, -0.2) is 0 Å². The Morgan fingerprint density at radius 2 is 1.67 bits per heavy atom. The summed E-state index contributed by atoms with van der Waals surface area (Å²) in [4.78, 5) is 0. The zero-order valence-electron chi connectivity index (χ0n) is 15.9. The number of hydrogen-bond donors (Lipinski definition) is 3. The van der Waals surface area contributed by atoms with Crippen LogP contribution in [0.1, 0.15) is 18.9 Å². The van der Waals surface area contributed by atoms with Crippen LogP contribution in [0.2, 0.25) is 0 Å². The average Bonchev–Trinajstić information content (AvgIpc) is 3.01. The summed E-state index contributed by atoms with van der Waals surface area (Å²) in [6, 6.07) is 19.4. The van der Waals surface area contributed by atoms with Gasteiger partial charge in [0.2, 0.25) is 0 Å². The van der Waals surface area contributed by atoms with Gasteiger partial charge in [0.15, 0.2) is 0 Å². The number of hydrogen-bond acceptors (Lipinski definition) is 3. The summed E-state index contributed by atoms with van der Waals surface area (Å²) < 4.78 is 2.24. The third-order valence-corrected chi connectivity index (χ3v) is 5.91. The Kier molecular flexibility index (Phi) is 4.64. The molecule has 0 aliphatic rings. The van der Waals surface area contributed by atoms with Crippen LogP contribution in [-0.2, 0) is 13.6 Å². The van der Waals surface area contributed by atoms with Crippen molar-refractivity contribution in [2.45, 2.75) is 25.4 Å². The molecule has 1 heterocycles. The van der Waals surface area contributed by atoms with Crippen molar-refractivity contribution in [1.82, 2.24) is 9.88 Å². The smallest absolute Gasteiger partial charge is 0.0648 e. The van der Waals surface area contributed by atoms with E-state index in [0.717, 1.165) is 5.56 Å². The lowest BCUT2D eigenvalue weighted by Gasteiger charge is -2.30. The highest BCUT2D eigenvalue weighted by atomic mass is 16.3. The first-order valence-electron chi connectivity index (χ1n) is 9.48. The van der Waals surface area contributed by atoms with Crippen LogP contribution in [0.25, 0.3) is 32.6 Å². The molecule has 0 fully saturated rings. The molecule has 0 bridgehead atoms. The number of aryl methyl sites for hydroxylation is 1. The Labute approximate surface area is 159 Å². The van der Waals surface area contributed by atoms with Crippen molar-refractivity contribution in [1.29, 1.82) is 0 Å². The first-order chi connectivity index (χ1) is 13.1. The molecular formula is C23H26N2O2. The molecule has 0 saturated carbocycles. The summed E-state index contributed by atoms with van der Waals surface area (Å²) in [5.41, 5.74) is 2.93. The normalized spacial score (nSPS) is 12.4. The summed E-state index contributed by atoms with van der Waals surface area (Å²) in [6.07, 6.45) is 0.668. The molecule has 0 aliphatic carbocycles. The van der Waals surface area contributed by atoms with Crippen LogP contribution in [0, 0.1) is 0 Å². The average molecular weight is 362 g/mol. The first-order valence-corrected chi connectivity index (χ1v) is 9.48. The van der Waals surface area contributed by atoms with E-state index < -0.39 is 5.54 Å². The molecule has 0 radical (unpaired) electrons. The highest BCUT2D eigenvalue weighted by Gasteiger charge is 2.25. The largest absolute Gasteiger partial charge is 0.394 e. The fourth-order valence-electron chi connectivity index (χ4n) is 3.94. The summed E-state index contributed by atoms with van der Waals surface area (Å²) in [5, 5.41) is 27.7. The van der Waals surface area contributed by atoms with Crippen molar-refractivity contribution in [3.05, 3.63) is 60.2 Å². The Morgan fingerprint density at radius 3 is 2.41 bits per heavy atom. The van der Waals surface area contributed by atoms with E-state index in [9.17, 15) is 10.2 Å². The van der Waals surface area contributed by atoms with Crippen LogP contribution in [0.15, 0.2) is 54.6 Å². The van der Waals surface area contributed by atoms with Crippen molar-refractivity contribution >= 4 is 32.6 Å². The molecule has 0 saturated heterocycles. The van der Waals surface area contributed by atoms with E-state index >= 15 is 0 Å². The van der Waals surface area contributed by atoms with Crippen molar-refractivity contribution in [3.8, 4) is 0 Å². The fourth-order valence-corrected chi connectivity index (χ4v) is 3.94. The van der Waals surface area contributed by atoms with E-state index in [2.05, 4.69) is 71.5 Å². The number of aromatic nitrogens is 1. The minimum atomic E-state index is -0.638. The molecular weight excluding hydrogens is 336 g/mol. The molecule has 0 unspecified atom stereocenters. The van der Waals surface area contributed by atoms with Crippen molar-refractivity contribution < 1.29 is 10.2 Å². The lowest BCUT2D eigenvalue weighted by molar-refractivity contribution is 0.0864. The molecule has 3 aromatic carbocycles. The van der Waals surface area contributed by atoms with E-state index in [1.165, 1.54) is 32.6 Å². The number of fused-ring (bicyclic) bond motifs is 5. The van der Waals surface area contributed by atoms with Crippen LogP contribution in [-0.4, -0.2) is 33.5 Å². The molecule has 0 atom stereocenters. The Hall–Kier alpha value is -2.40. The molecule has 4 nitrogen and oxygen atoms in total. The van der Waals surface area contributed by atoms with Gasteiger partial charge in [0.25, 0.3) is 0 Å². The minimum Gasteiger partial charge on any atom is -0.394 e. The Morgan fingerprint density at radius 1 is 0.926 bits per heavy atom. The van der Waals surface area contributed by atoms with Gasteiger partial charge in [-0.05, 0) is 41.0 Å². The molecule has 1 aromatic heterocycles. The lowest BCUT2D eigenvalue weighted by atomic mass is 9.97. The SMILES string of the molecule is CCC(CO)(CO)NCc1ccc2c(c1)c1c3ccccc3ccc1n2C. The van der Waals surface area contributed by atoms with Gasteiger partial charge in [-0.3, -0.25) is 0 Å². The number of benzene rings is 3. The molecule has 4 heteroatoms. The predicted octanol–water partition coefficient (Wildman–Crippen LogP) is 3.71. The third-order valence-electron chi connectivity index (χ3n) is 5.91. The second-order valence-electron chi connectivity index (χ2n) is 7.40. The van der Waals surface area contributed by atoms with Gasteiger partial charge in [-0.1, -0.05) is 43.3 Å². The minimum absolute atomic E-state index is 0.0822. The van der Waals surface area contributed by atoms with Gasteiger partial charge in [0.1, 0.15) is 0 Å².